The number of aromatic nitrogens is 1. The Hall–Kier alpha value is -3.45. The number of hydrogen-bond donors (Lipinski definition) is 1. The van der Waals surface area contributed by atoms with Crippen LogP contribution in [0.5, 0.6) is 6.08 Å². The summed E-state index contributed by atoms with van der Waals surface area (Å²) in [6, 6.07) is 4.00. The van der Waals surface area contributed by atoms with Crippen LogP contribution in [-0.2, 0) is 33.9 Å². The maximum atomic E-state index is 14.3. The van der Waals surface area contributed by atoms with Crippen molar-refractivity contribution in [3.05, 3.63) is 35.4 Å². The number of amides is 2. The van der Waals surface area contributed by atoms with Gasteiger partial charge in [0.25, 0.3) is 0 Å². The number of sulfonamides is 1. The van der Waals surface area contributed by atoms with Gasteiger partial charge in [0.15, 0.2) is 11.4 Å². The summed E-state index contributed by atoms with van der Waals surface area (Å²) in [4.78, 5) is 61.1. The van der Waals surface area contributed by atoms with Gasteiger partial charge in [0.05, 0.1) is 29.7 Å². The van der Waals surface area contributed by atoms with E-state index in [1.165, 1.54) is 4.90 Å². The molecule has 3 heterocycles. The van der Waals surface area contributed by atoms with Gasteiger partial charge in [-0.25, -0.2) is 8.42 Å². The molecule has 2 amide bonds. The topological polar surface area (TPSA) is 162 Å². The normalized spacial score (nSPS) is 28.9. The summed E-state index contributed by atoms with van der Waals surface area (Å²) in [5.74, 6) is -2.95. The Balaban J connectivity index is 1.28. The number of nitrogens with one attached hydrogen (secondary N) is 1. The summed E-state index contributed by atoms with van der Waals surface area (Å²) >= 11 is 6.10. The average Bonchev–Trinajstić information content (AvgIpc) is 3.90. The third-order valence-electron chi connectivity index (χ3n) is 9.76. The van der Waals surface area contributed by atoms with Gasteiger partial charge in [-0.3, -0.25) is 23.9 Å². The van der Waals surface area contributed by atoms with Gasteiger partial charge in [0, 0.05) is 29.8 Å². The minimum absolute atomic E-state index is 0.0259. The van der Waals surface area contributed by atoms with E-state index in [4.69, 9.17) is 25.5 Å². The molecule has 266 valence electrons. The lowest BCUT2D eigenvalue weighted by Gasteiger charge is -2.29. The summed E-state index contributed by atoms with van der Waals surface area (Å²) in [5, 5.41) is -0.130. The van der Waals surface area contributed by atoms with Crippen molar-refractivity contribution in [2.45, 2.75) is 114 Å². The van der Waals surface area contributed by atoms with Gasteiger partial charge < -0.3 is 18.8 Å². The molecule has 12 nitrogen and oxygen atoms in total. The second-order valence-electron chi connectivity index (χ2n) is 14.9. The number of oxazole rings is 1. The third kappa shape index (κ3) is 8.30. The van der Waals surface area contributed by atoms with Crippen molar-refractivity contribution >= 4 is 56.3 Å². The van der Waals surface area contributed by atoms with Crippen molar-refractivity contribution < 1.29 is 41.5 Å². The highest BCUT2D eigenvalue weighted by Gasteiger charge is 2.61. The predicted octanol–water partition coefficient (Wildman–Crippen LogP) is 5.27. The number of allylic oxidation sites excluding steroid dienone is 2. The molecule has 0 radical (unpaired) electrons. The number of halogens is 1. The zero-order valence-electron chi connectivity index (χ0n) is 28.1. The fourth-order valence-electron chi connectivity index (χ4n) is 6.98. The molecular weight excluding hydrogens is 674 g/mol. The van der Waals surface area contributed by atoms with Crippen LogP contribution in [0.3, 0.4) is 0 Å². The molecule has 14 heteroatoms. The Labute approximate surface area is 291 Å². The number of rotatable bonds is 7. The highest BCUT2D eigenvalue weighted by atomic mass is 35.5. The molecule has 2 aliphatic heterocycles. The third-order valence-corrected chi connectivity index (χ3v) is 11.8. The monoisotopic (exact) mass is 717 g/mol. The van der Waals surface area contributed by atoms with E-state index in [1.807, 2.05) is 12.2 Å². The lowest BCUT2D eigenvalue weighted by molar-refractivity contribution is -0.159. The van der Waals surface area contributed by atoms with Gasteiger partial charge in [-0.1, -0.05) is 36.6 Å². The smallest absolute Gasteiger partial charge is 0.394 e. The Kier molecular flexibility index (Phi) is 9.89. The Morgan fingerprint density at radius 3 is 2.65 bits per heavy atom. The van der Waals surface area contributed by atoms with Gasteiger partial charge in [0.1, 0.15) is 17.2 Å². The van der Waals surface area contributed by atoms with Crippen LogP contribution < -0.4 is 9.46 Å². The van der Waals surface area contributed by atoms with E-state index in [-0.39, 0.29) is 49.5 Å². The number of Topliss-reactive ketones (excluding diaryl/α,β-unsaturated/α-hetero) is 1. The van der Waals surface area contributed by atoms with Gasteiger partial charge in [-0.15, -0.1) is 0 Å². The van der Waals surface area contributed by atoms with Gasteiger partial charge in [0.2, 0.25) is 21.8 Å². The number of fused-ring (bicyclic) bond motifs is 3. The number of esters is 1. The van der Waals surface area contributed by atoms with Crippen molar-refractivity contribution in [1.29, 1.82) is 0 Å². The molecule has 5 atom stereocenters. The van der Waals surface area contributed by atoms with Crippen LogP contribution in [0.4, 0.5) is 0 Å². The number of ether oxygens (including phenoxy) is 2. The SMILES string of the molecule is CC(C)(C)OC(=O)C[C@H]1CCCCC/C=C\[C@H]2C[C@@]2(C(=O)NS(=O)(=O)C2CC2)CC(=O)[C@@H]2C[C@@H](Oc3nc4ccc(Cl)cc4o3)CN2C1=O. The molecule has 1 saturated heterocycles. The molecule has 2 aliphatic carbocycles. The molecule has 3 fully saturated rings. The van der Waals surface area contributed by atoms with Crippen molar-refractivity contribution in [3.63, 3.8) is 0 Å². The second-order valence-corrected chi connectivity index (χ2v) is 17.3. The van der Waals surface area contributed by atoms with E-state index in [0.717, 1.165) is 19.3 Å². The predicted molar refractivity (Wildman–Crippen MR) is 180 cm³/mol. The maximum Gasteiger partial charge on any atom is 0.394 e. The first-order valence-electron chi connectivity index (χ1n) is 17.1. The number of carbonyl (C=O) groups is 4. The number of benzene rings is 1. The van der Waals surface area contributed by atoms with Crippen molar-refractivity contribution in [2.75, 3.05) is 6.54 Å². The molecule has 4 aliphatic rings. The van der Waals surface area contributed by atoms with E-state index < -0.39 is 56.2 Å². The van der Waals surface area contributed by atoms with Crippen molar-refractivity contribution in [3.8, 4) is 6.08 Å². The zero-order chi connectivity index (χ0) is 35.1. The van der Waals surface area contributed by atoms with Crippen LogP contribution in [0.2, 0.25) is 5.02 Å². The molecule has 0 unspecified atom stereocenters. The highest BCUT2D eigenvalue weighted by molar-refractivity contribution is 7.90. The van der Waals surface area contributed by atoms with E-state index >= 15 is 0 Å². The molecule has 0 spiro atoms. The molecule has 2 saturated carbocycles. The van der Waals surface area contributed by atoms with E-state index in [0.29, 0.717) is 48.2 Å². The van der Waals surface area contributed by atoms with Crippen LogP contribution in [0.1, 0.15) is 91.4 Å². The number of ketones is 1. The molecule has 1 N–H and O–H groups in total. The minimum atomic E-state index is -3.83. The molecule has 6 rings (SSSR count). The standard InChI is InChI=1S/C35H44ClN3O9S/c1-34(2,3)48-30(41)15-21-9-7-5-4-6-8-10-22-18-35(22,32(43)38-49(44,45)25-12-13-25)19-28(40)27-17-24(20-39(27)31(21)42)46-33-37-26-14-11-23(36)16-29(26)47-33/h8,10-11,14,16,21-22,24-25,27H,4-7,9,12-13,15,17-20H2,1-3H3,(H,38,43)/b10-8-/t21-,22+,24-,27+,35-/m1/s1. The quantitative estimate of drug-likeness (QED) is 0.295. The largest absolute Gasteiger partial charge is 0.460 e. The minimum Gasteiger partial charge on any atom is -0.460 e. The fraction of sp³-hybridized carbons (Fsp3) is 0.629. The van der Waals surface area contributed by atoms with Gasteiger partial charge in [-0.05, 0) is 77.3 Å². The molecule has 0 bridgehead atoms. The Bertz CT molecular complexity index is 1760. The lowest BCUT2D eigenvalue weighted by atomic mass is 9.90. The highest BCUT2D eigenvalue weighted by Crippen LogP contribution is 2.57. The van der Waals surface area contributed by atoms with E-state index in [2.05, 4.69) is 9.71 Å². The van der Waals surface area contributed by atoms with E-state index in [9.17, 15) is 27.6 Å². The summed E-state index contributed by atoms with van der Waals surface area (Å²) < 4.78 is 45.2. The first-order chi connectivity index (χ1) is 23.1. The van der Waals surface area contributed by atoms with Gasteiger partial charge in [-0.2, -0.15) is 4.98 Å². The number of carbonyl (C=O) groups excluding carboxylic acids is 4. The van der Waals surface area contributed by atoms with Crippen LogP contribution in [0.15, 0.2) is 34.8 Å². The van der Waals surface area contributed by atoms with Crippen LogP contribution in [0.25, 0.3) is 11.1 Å². The zero-order valence-corrected chi connectivity index (χ0v) is 29.7. The molecule has 49 heavy (non-hydrogen) atoms. The summed E-state index contributed by atoms with van der Waals surface area (Å²) in [7, 11) is -3.83. The summed E-state index contributed by atoms with van der Waals surface area (Å²) in [6.45, 7) is 5.32. The summed E-state index contributed by atoms with van der Waals surface area (Å²) in [6.07, 6.45) is 7.74. The average molecular weight is 718 g/mol. The fourth-order valence-corrected chi connectivity index (χ4v) is 8.52. The molecule has 1 aromatic heterocycles. The van der Waals surface area contributed by atoms with E-state index in [1.54, 1.807) is 39.0 Å². The van der Waals surface area contributed by atoms with Crippen LogP contribution in [-0.4, -0.2) is 71.4 Å². The lowest BCUT2D eigenvalue weighted by Crippen LogP contribution is -2.46. The van der Waals surface area contributed by atoms with Crippen molar-refractivity contribution in [2.24, 2.45) is 17.3 Å². The Morgan fingerprint density at radius 2 is 1.92 bits per heavy atom. The van der Waals surface area contributed by atoms with Crippen LogP contribution >= 0.6 is 11.6 Å². The molecule has 2 aromatic rings. The molecular formula is C35H44ClN3O9S. The first kappa shape index (κ1) is 35.4. The Morgan fingerprint density at radius 1 is 1.14 bits per heavy atom. The summed E-state index contributed by atoms with van der Waals surface area (Å²) in [5.41, 5.74) is -1.02. The number of hydrogen-bond acceptors (Lipinski definition) is 10. The van der Waals surface area contributed by atoms with Crippen LogP contribution in [0, 0.1) is 17.3 Å². The maximum absolute atomic E-state index is 14.3. The first-order valence-corrected chi connectivity index (χ1v) is 19.1. The molecule has 1 aromatic carbocycles. The second kappa shape index (κ2) is 13.7. The van der Waals surface area contributed by atoms with Gasteiger partial charge >= 0.3 is 12.0 Å². The number of nitrogens with zero attached hydrogens (tertiary/aromatic N) is 2. The van der Waals surface area contributed by atoms with Crippen molar-refractivity contribution in [1.82, 2.24) is 14.6 Å².